The number of hydrogen-bond acceptors (Lipinski definition) is 1. The maximum atomic E-state index is 6.47. The molecule has 1 N–H and O–H groups in total. The first-order valence-electron chi connectivity index (χ1n) is 0.169. The Morgan fingerprint density at radius 3 is 1.25 bits per heavy atom. The second-order valence-electron chi connectivity index (χ2n) is 0. The maximum Gasteiger partial charge on any atom is 0.0579 e. The van der Waals surface area contributed by atoms with Crippen LogP contribution in [0.5, 0.6) is 0 Å². The van der Waals surface area contributed by atoms with Gasteiger partial charge in [-0.15, -0.1) is 0 Å². The second kappa shape index (κ2) is 23.5. The zero-order chi connectivity index (χ0) is 2.00. The fourth-order valence-corrected chi connectivity index (χ4v) is 0. The molecule has 0 aliphatic heterocycles. The first-order valence-corrected chi connectivity index (χ1v) is 0.507. The van der Waals surface area contributed by atoms with Crippen LogP contribution in [0.25, 0.3) is 0 Å². The summed E-state index contributed by atoms with van der Waals surface area (Å²) in [5.74, 6) is 0. The first kappa shape index (κ1) is 17.6. The summed E-state index contributed by atoms with van der Waals surface area (Å²) in [5.41, 5.74) is 0. The molecule has 0 aliphatic rings. The first-order chi connectivity index (χ1) is 1.00. The second-order valence-corrected chi connectivity index (χ2v) is 0. The van der Waals surface area contributed by atoms with Crippen LogP contribution < -0.4 is 0 Å². The van der Waals surface area contributed by atoms with E-state index in [0.29, 0.717) is 0 Å². The fourth-order valence-electron chi connectivity index (χ4n) is 0. The molecule has 0 heterocycles. The Balaban J connectivity index is -0.00000000500. The third-order valence-corrected chi connectivity index (χ3v) is 0. The molecule has 0 spiro atoms. The predicted octanol–water partition coefficient (Wildman–Crippen LogP) is -0.629. The van der Waals surface area contributed by atoms with Crippen molar-refractivity contribution in [3.63, 3.8) is 0 Å². The molecule has 1 nitrogen and oxygen atoms in total. The van der Waals surface area contributed by atoms with Crippen molar-refractivity contribution in [3.05, 3.63) is 0 Å². The van der Waals surface area contributed by atoms with E-state index in [1.807, 2.05) is 0 Å². The molecule has 0 rings (SSSR count). The van der Waals surface area contributed by atoms with Gasteiger partial charge in [-0.2, -0.15) is 0 Å². The molecular formula is HAlClOSn. The van der Waals surface area contributed by atoms with E-state index in [-0.39, 0.29) is 41.3 Å². The van der Waals surface area contributed by atoms with Crippen LogP contribution in [0, 0.1) is 0 Å². The SMILES string of the molecule is OCl.[Al].[Sn]. The monoisotopic (exact) mass is 199 g/mol. The Kier molecular flexibility index (Phi) is 103. The van der Waals surface area contributed by atoms with Gasteiger partial charge in [0, 0.05) is 41.3 Å². The molecule has 0 bridgehead atoms. The molecule has 4 heavy (non-hydrogen) atoms. The molecule has 21 valence electrons. The summed E-state index contributed by atoms with van der Waals surface area (Å²) in [6, 6.07) is 0. The van der Waals surface area contributed by atoms with Crippen molar-refractivity contribution in [2.24, 2.45) is 0 Å². The standard InChI is InChI=1S/Al.ClHO.Sn/c;1-2;/h;2H;. The predicted molar refractivity (Wildman–Crippen MR) is 19.6 cm³/mol. The molecule has 0 aromatic rings. The zero-order valence-corrected chi connectivity index (χ0v) is 6.67. The smallest absolute Gasteiger partial charge is 0.0579 e. The van der Waals surface area contributed by atoms with E-state index in [1.54, 1.807) is 0 Å². The summed E-state index contributed by atoms with van der Waals surface area (Å²) in [6.45, 7) is 0. The third kappa shape index (κ3) is 9.54. The van der Waals surface area contributed by atoms with E-state index in [0.717, 1.165) is 0 Å². The molecule has 0 fully saturated rings. The summed E-state index contributed by atoms with van der Waals surface area (Å²) in [5, 5.41) is 0. The van der Waals surface area contributed by atoms with Crippen molar-refractivity contribution in [2.75, 3.05) is 0 Å². The Morgan fingerprint density at radius 1 is 1.25 bits per heavy atom. The molecule has 0 aromatic carbocycles. The van der Waals surface area contributed by atoms with E-state index in [1.165, 1.54) is 0 Å². The fraction of sp³-hybridized carbons (Fsp3) is 0. The van der Waals surface area contributed by atoms with Crippen LogP contribution in [0.2, 0.25) is 0 Å². The molecule has 4 heteroatoms. The Labute approximate surface area is 57.6 Å². The van der Waals surface area contributed by atoms with Gasteiger partial charge < -0.3 is 0 Å². The normalized spacial score (nSPS) is 1.50. The Hall–Kier alpha value is 1.58. The molecule has 0 amide bonds. The van der Waals surface area contributed by atoms with Gasteiger partial charge in [-0.3, -0.25) is 4.66 Å². The van der Waals surface area contributed by atoms with Crippen molar-refractivity contribution in [3.8, 4) is 0 Å². The molecule has 0 saturated heterocycles. The van der Waals surface area contributed by atoms with Gasteiger partial charge in [-0.25, -0.2) is 0 Å². The van der Waals surface area contributed by atoms with Gasteiger partial charge >= 0.3 is 0 Å². The van der Waals surface area contributed by atoms with Crippen molar-refractivity contribution in [1.82, 2.24) is 0 Å². The van der Waals surface area contributed by atoms with Gasteiger partial charge in [0.25, 0.3) is 0 Å². The maximum absolute atomic E-state index is 6.47. The van der Waals surface area contributed by atoms with Crippen molar-refractivity contribution in [2.45, 2.75) is 0 Å². The number of halogens is 1. The summed E-state index contributed by atoms with van der Waals surface area (Å²) in [4.78, 5) is 0. The van der Waals surface area contributed by atoms with Crippen LogP contribution in [0.1, 0.15) is 0 Å². The van der Waals surface area contributed by atoms with E-state index >= 15 is 0 Å². The van der Waals surface area contributed by atoms with Crippen LogP contribution in [0.15, 0.2) is 0 Å². The minimum atomic E-state index is 0. The summed E-state index contributed by atoms with van der Waals surface area (Å²) < 4.78 is 6.47. The molecule has 0 unspecified atom stereocenters. The molecular weight excluding hydrogens is 197 g/mol. The van der Waals surface area contributed by atoms with Crippen LogP contribution >= 0.6 is 11.9 Å². The average molecular weight is 198 g/mol. The Morgan fingerprint density at radius 2 is 1.25 bits per heavy atom. The molecule has 0 atom stereocenters. The van der Waals surface area contributed by atoms with Gasteiger partial charge in [0.1, 0.15) is 0 Å². The van der Waals surface area contributed by atoms with Crippen molar-refractivity contribution >= 4 is 53.1 Å². The molecule has 7 radical (unpaired) electrons. The van der Waals surface area contributed by atoms with Crippen molar-refractivity contribution < 1.29 is 4.66 Å². The van der Waals surface area contributed by atoms with Crippen LogP contribution in [-0.4, -0.2) is 45.9 Å². The minimum absolute atomic E-state index is 0. The van der Waals surface area contributed by atoms with Gasteiger partial charge in [-0.05, 0) is 0 Å². The van der Waals surface area contributed by atoms with E-state index in [2.05, 4.69) is 11.9 Å². The van der Waals surface area contributed by atoms with E-state index < -0.39 is 0 Å². The molecule has 0 saturated carbocycles. The number of rotatable bonds is 0. The molecule has 0 aliphatic carbocycles. The summed E-state index contributed by atoms with van der Waals surface area (Å²) in [6.07, 6.45) is 0. The van der Waals surface area contributed by atoms with Gasteiger partial charge in [-0.1, -0.05) is 0 Å². The van der Waals surface area contributed by atoms with Crippen LogP contribution in [0.4, 0.5) is 0 Å². The average Bonchev–Trinajstić information content (AvgIpc) is 1.00. The Bertz CT molecular complexity index is 8.00. The number of hydrogen-bond donors (Lipinski definition) is 1. The van der Waals surface area contributed by atoms with E-state index in [9.17, 15) is 0 Å². The largest absolute Gasteiger partial charge is 0.295 e. The van der Waals surface area contributed by atoms with Gasteiger partial charge in [0.2, 0.25) is 0 Å². The third-order valence-electron chi connectivity index (χ3n) is 0. The van der Waals surface area contributed by atoms with Crippen LogP contribution in [0.3, 0.4) is 0 Å². The molecule has 0 aromatic heterocycles. The van der Waals surface area contributed by atoms with Gasteiger partial charge in [0.05, 0.1) is 11.9 Å². The summed E-state index contributed by atoms with van der Waals surface area (Å²) >= 11 is 3.64. The van der Waals surface area contributed by atoms with Crippen LogP contribution in [-0.2, 0) is 0 Å². The van der Waals surface area contributed by atoms with Crippen molar-refractivity contribution in [1.29, 1.82) is 0 Å². The zero-order valence-electron chi connectivity index (χ0n) is 1.90. The van der Waals surface area contributed by atoms with Gasteiger partial charge in [0.15, 0.2) is 0 Å². The minimum Gasteiger partial charge on any atom is -0.295 e. The quantitative estimate of drug-likeness (QED) is 0.514. The summed E-state index contributed by atoms with van der Waals surface area (Å²) in [7, 11) is 0. The topological polar surface area (TPSA) is 20.2 Å². The van der Waals surface area contributed by atoms with E-state index in [4.69, 9.17) is 4.66 Å².